The van der Waals surface area contributed by atoms with Gasteiger partial charge in [0.25, 0.3) is 11.5 Å². The number of aromatic amines is 1. The third-order valence-electron chi connectivity index (χ3n) is 4.24. The van der Waals surface area contributed by atoms with Crippen molar-refractivity contribution in [1.29, 1.82) is 0 Å². The van der Waals surface area contributed by atoms with E-state index in [4.69, 9.17) is 4.74 Å². The summed E-state index contributed by atoms with van der Waals surface area (Å²) in [5.41, 5.74) is 1.16. The Balaban J connectivity index is 2.12. The molecule has 0 bridgehead atoms. The molecule has 0 atom stereocenters. The zero-order valence-corrected chi connectivity index (χ0v) is 13.9. The highest BCUT2D eigenvalue weighted by Gasteiger charge is 2.13. The number of H-pyrrole nitrogens is 1. The molecule has 2 aromatic rings. The van der Waals surface area contributed by atoms with Gasteiger partial charge in [0.2, 0.25) is 0 Å². The van der Waals surface area contributed by atoms with E-state index in [1.165, 1.54) is 0 Å². The van der Waals surface area contributed by atoms with Crippen LogP contribution in [-0.4, -0.2) is 26.9 Å². The molecule has 0 radical (unpaired) electrons. The van der Waals surface area contributed by atoms with E-state index in [9.17, 15) is 4.79 Å². The topological polar surface area (TPSA) is 72.8 Å². The number of aryl methyl sites for hydroxylation is 1. The van der Waals surface area contributed by atoms with Crippen LogP contribution in [0.2, 0.25) is 0 Å². The summed E-state index contributed by atoms with van der Waals surface area (Å²) in [6, 6.07) is 11.8. The van der Waals surface area contributed by atoms with Gasteiger partial charge in [0.05, 0.1) is 18.2 Å². The second-order valence-electron chi connectivity index (χ2n) is 5.77. The van der Waals surface area contributed by atoms with Crippen molar-refractivity contribution in [3.05, 3.63) is 68.7 Å². The zero-order chi connectivity index (χ0) is 17.6. The molecule has 0 unspecified atom stereocenters. The molecular weight excluding hydrogens is 316 g/mol. The molecule has 6 heteroatoms. The Hall–Kier alpha value is -3.41. The number of ether oxygens (including phenoxy) is 1. The molecule has 0 saturated carbocycles. The van der Waals surface area contributed by atoms with Crippen LogP contribution in [-0.2, 0) is 0 Å². The first-order valence-corrected chi connectivity index (χ1v) is 7.80. The van der Waals surface area contributed by atoms with Gasteiger partial charge in [0.1, 0.15) is 11.1 Å². The predicted octanol–water partition coefficient (Wildman–Crippen LogP) is 1.10. The van der Waals surface area contributed by atoms with Crippen molar-refractivity contribution in [3.8, 4) is 11.7 Å². The average Bonchev–Trinajstić information content (AvgIpc) is 2.90. The smallest absolute Gasteiger partial charge is 0.299 e. The third kappa shape index (κ3) is 2.39. The predicted molar refractivity (Wildman–Crippen MR) is 96.7 cm³/mol. The molecule has 4 rings (SSSR count). The van der Waals surface area contributed by atoms with E-state index < -0.39 is 0 Å². The molecule has 0 amide bonds. The van der Waals surface area contributed by atoms with Gasteiger partial charge in [-0.1, -0.05) is 36.9 Å². The van der Waals surface area contributed by atoms with Crippen LogP contribution in [0.1, 0.15) is 11.3 Å². The van der Waals surface area contributed by atoms with Crippen LogP contribution < -0.4 is 21.0 Å². The van der Waals surface area contributed by atoms with Crippen molar-refractivity contribution in [2.24, 2.45) is 0 Å². The van der Waals surface area contributed by atoms with E-state index >= 15 is 0 Å². The Labute approximate surface area is 143 Å². The van der Waals surface area contributed by atoms with E-state index in [1.54, 1.807) is 17.9 Å². The highest BCUT2D eigenvalue weighted by atomic mass is 16.5. The molecule has 0 fully saturated rings. The Morgan fingerprint density at radius 1 is 1.20 bits per heavy atom. The number of aromatic nitrogens is 4. The van der Waals surface area contributed by atoms with Gasteiger partial charge in [-0.2, -0.15) is 4.98 Å². The summed E-state index contributed by atoms with van der Waals surface area (Å²) < 4.78 is 7.05. The van der Waals surface area contributed by atoms with Crippen LogP contribution in [0.3, 0.4) is 0 Å². The standard InChI is InChI=1S/C19H16N4O2/c1-11-12(2)22-23-16(18(24)21-19(23)20-11)10-15-14-7-5-4-6-13(14)8-9-17(15)25-3/h4-10,22H,2H2,1,3H3/b16-10+. The Bertz CT molecular complexity index is 1240. The van der Waals surface area contributed by atoms with Gasteiger partial charge >= 0.3 is 0 Å². The van der Waals surface area contributed by atoms with E-state index in [0.717, 1.165) is 16.3 Å². The highest BCUT2D eigenvalue weighted by Crippen LogP contribution is 2.28. The summed E-state index contributed by atoms with van der Waals surface area (Å²) in [5, 5.41) is 6.12. The molecule has 2 aromatic carbocycles. The lowest BCUT2D eigenvalue weighted by atomic mass is 10.0. The van der Waals surface area contributed by atoms with E-state index in [-0.39, 0.29) is 5.56 Å². The van der Waals surface area contributed by atoms with Gasteiger partial charge in [0, 0.05) is 5.56 Å². The van der Waals surface area contributed by atoms with Crippen LogP contribution >= 0.6 is 0 Å². The fourth-order valence-corrected chi connectivity index (χ4v) is 2.89. The number of nitrogens with zero attached hydrogens (tertiary/aromatic N) is 3. The lowest BCUT2D eigenvalue weighted by Crippen LogP contribution is -2.32. The Morgan fingerprint density at radius 3 is 2.80 bits per heavy atom. The fraction of sp³-hybridized carbons (Fsp3) is 0.105. The first-order chi connectivity index (χ1) is 12.1. The minimum atomic E-state index is -0.358. The van der Waals surface area contributed by atoms with Crippen LogP contribution in [0.25, 0.3) is 29.4 Å². The van der Waals surface area contributed by atoms with Crippen molar-refractivity contribution in [2.45, 2.75) is 6.92 Å². The van der Waals surface area contributed by atoms with Crippen LogP contribution in [0, 0.1) is 6.92 Å². The Morgan fingerprint density at radius 2 is 2.00 bits per heavy atom. The van der Waals surface area contributed by atoms with E-state index in [1.807, 2.05) is 43.3 Å². The first kappa shape index (κ1) is 15.1. The summed E-state index contributed by atoms with van der Waals surface area (Å²) in [6.45, 7) is 5.72. The van der Waals surface area contributed by atoms with Gasteiger partial charge in [-0.3, -0.25) is 9.89 Å². The summed E-state index contributed by atoms with van der Waals surface area (Å²) in [5.74, 6) is 1.00. The maximum absolute atomic E-state index is 12.4. The molecule has 25 heavy (non-hydrogen) atoms. The largest absolute Gasteiger partial charge is 0.496 e. The van der Waals surface area contributed by atoms with Crippen LogP contribution in [0.5, 0.6) is 5.75 Å². The third-order valence-corrected chi connectivity index (χ3v) is 4.24. The fourth-order valence-electron chi connectivity index (χ4n) is 2.89. The molecule has 0 aliphatic carbocycles. The lowest BCUT2D eigenvalue weighted by Gasteiger charge is -2.09. The number of methoxy groups -OCH3 is 1. The van der Waals surface area contributed by atoms with Crippen molar-refractivity contribution in [3.63, 3.8) is 0 Å². The molecule has 0 aromatic heterocycles. The first-order valence-electron chi connectivity index (χ1n) is 7.80. The maximum atomic E-state index is 12.4. The number of fused-ring (bicyclic) bond motifs is 2. The molecule has 1 N–H and O–H groups in total. The highest BCUT2D eigenvalue weighted by molar-refractivity contribution is 5.93. The van der Waals surface area contributed by atoms with Gasteiger partial charge in [0.15, 0.2) is 0 Å². The van der Waals surface area contributed by atoms with E-state index in [0.29, 0.717) is 28.1 Å². The summed E-state index contributed by atoms with van der Waals surface area (Å²) in [6.07, 6.45) is 1.77. The zero-order valence-electron chi connectivity index (χ0n) is 13.9. The van der Waals surface area contributed by atoms with E-state index in [2.05, 4.69) is 21.6 Å². The van der Waals surface area contributed by atoms with Crippen molar-refractivity contribution in [2.75, 3.05) is 7.11 Å². The number of nitrogens with one attached hydrogen (secondary N) is 1. The molecule has 2 heterocycles. The van der Waals surface area contributed by atoms with Gasteiger partial charge in [-0.25, -0.2) is 9.67 Å². The molecule has 0 spiro atoms. The Kier molecular flexibility index (Phi) is 3.39. The SMILES string of the molecule is C=c1[nH]n2/c(=C/c3c(OC)ccc4ccccc34)c(=O)nc-2nc1C. The molecule has 2 aliphatic heterocycles. The number of hydrogen-bond donors (Lipinski definition) is 1. The molecule has 2 aliphatic rings. The second kappa shape index (κ2) is 5.59. The van der Waals surface area contributed by atoms with Gasteiger partial charge in [-0.05, 0) is 29.8 Å². The average molecular weight is 332 g/mol. The van der Waals surface area contributed by atoms with Gasteiger partial charge < -0.3 is 4.74 Å². The number of hydrogen-bond acceptors (Lipinski definition) is 4. The molecule has 124 valence electrons. The summed E-state index contributed by atoms with van der Waals surface area (Å²) >= 11 is 0. The quantitative estimate of drug-likeness (QED) is 0.597. The van der Waals surface area contributed by atoms with Crippen molar-refractivity contribution < 1.29 is 4.74 Å². The van der Waals surface area contributed by atoms with Gasteiger partial charge in [-0.15, -0.1) is 0 Å². The van der Waals surface area contributed by atoms with Crippen LogP contribution in [0.15, 0.2) is 41.2 Å². The molecular formula is C19H16N4O2. The number of rotatable bonds is 2. The van der Waals surface area contributed by atoms with Crippen molar-refractivity contribution >= 4 is 23.4 Å². The maximum Gasteiger partial charge on any atom is 0.299 e. The summed E-state index contributed by atoms with van der Waals surface area (Å²) in [4.78, 5) is 20.7. The monoisotopic (exact) mass is 332 g/mol. The minimum Gasteiger partial charge on any atom is -0.496 e. The van der Waals surface area contributed by atoms with Crippen molar-refractivity contribution in [1.82, 2.24) is 19.7 Å². The molecule has 6 nitrogen and oxygen atoms in total. The molecule has 0 saturated heterocycles. The lowest BCUT2D eigenvalue weighted by molar-refractivity contribution is 0.414. The normalized spacial score (nSPS) is 12.2. The number of benzene rings is 2. The van der Waals surface area contributed by atoms with Crippen LogP contribution in [0.4, 0.5) is 0 Å². The second-order valence-corrected chi connectivity index (χ2v) is 5.77. The summed E-state index contributed by atoms with van der Waals surface area (Å²) in [7, 11) is 1.61. The minimum absolute atomic E-state index is 0.320. The number of imidazole rings is 1.